The Balaban J connectivity index is 2.11. The average Bonchev–Trinajstić information content (AvgIpc) is 2.57. The van der Waals surface area contributed by atoms with Crippen molar-refractivity contribution >= 4 is 11.6 Å². The number of nitrogens with one attached hydrogen (secondary N) is 1. The molecule has 3 heteroatoms. The predicted octanol–water partition coefficient (Wildman–Crippen LogP) is 2.72. The van der Waals surface area contributed by atoms with Gasteiger partial charge in [0.15, 0.2) is 0 Å². The minimum Gasteiger partial charge on any atom is -0.508 e. The number of aryl methyl sites for hydroxylation is 1. The molecule has 2 nitrogen and oxygen atoms in total. The van der Waals surface area contributed by atoms with E-state index < -0.39 is 0 Å². The second kappa shape index (κ2) is 4.25. The summed E-state index contributed by atoms with van der Waals surface area (Å²) in [4.78, 5) is 0. The molecule has 0 aliphatic heterocycles. The highest BCUT2D eigenvalue weighted by Crippen LogP contribution is 2.33. The van der Waals surface area contributed by atoms with Crippen molar-refractivity contribution in [1.82, 2.24) is 5.32 Å². The lowest BCUT2D eigenvalue weighted by Crippen LogP contribution is -2.20. The third-order valence-corrected chi connectivity index (χ3v) is 2.88. The Morgan fingerprint density at radius 3 is 3.13 bits per heavy atom. The SMILES string of the molecule is C=C(Cl)CNC1CCc2cc(O)ccc21. The molecule has 1 unspecified atom stereocenters. The molecule has 0 amide bonds. The normalized spacial score (nSPS) is 18.9. The number of phenols is 1. The maximum absolute atomic E-state index is 9.35. The Morgan fingerprint density at radius 1 is 1.60 bits per heavy atom. The van der Waals surface area contributed by atoms with Gasteiger partial charge in [-0.25, -0.2) is 0 Å². The first-order chi connectivity index (χ1) is 7.16. The molecule has 1 atom stereocenters. The van der Waals surface area contributed by atoms with Gasteiger partial charge in [-0.05, 0) is 36.1 Å². The quantitative estimate of drug-likeness (QED) is 0.826. The second-order valence-corrected chi connectivity index (χ2v) is 4.41. The lowest BCUT2D eigenvalue weighted by atomic mass is 10.1. The van der Waals surface area contributed by atoms with E-state index in [-0.39, 0.29) is 0 Å². The number of rotatable bonds is 3. The zero-order chi connectivity index (χ0) is 10.8. The molecule has 1 aromatic rings. The van der Waals surface area contributed by atoms with Crippen LogP contribution in [0.3, 0.4) is 0 Å². The van der Waals surface area contributed by atoms with Gasteiger partial charge in [0.2, 0.25) is 0 Å². The fourth-order valence-corrected chi connectivity index (χ4v) is 2.13. The smallest absolute Gasteiger partial charge is 0.115 e. The molecule has 0 spiro atoms. The summed E-state index contributed by atoms with van der Waals surface area (Å²) < 4.78 is 0. The summed E-state index contributed by atoms with van der Waals surface area (Å²) >= 11 is 5.71. The molecule has 80 valence electrons. The molecular weight excluding hydrogens is 210 g/mol. The number of hydrogen-bond acceptors (Lipinski definition) is 2. The lowest BCUT2D eigenvalue weighted by molar-refractivity contribution is 0.474. The summed E-state index contributed by atoms with van der Waals surface area (Å²) in [5, 5.41) is 13.3. The molecule has 2 N–H and O–H groups in total. The van der Waals surface area contributed by atoms with Crippen LogP contribution in [0.15, 0.2) is 29.8 Å². The molecule has 0 saturated heterocycles. The van der Waals surface area contributed by atoms with Crippen molar-refractivity contribution in [2.75, 3.05) is 6.54 Å². The van der Waals surface area contributed by atoms with E-state index in [9.17, 15) is 5.11 Å². The van der Waals surface area contributed by atoms with E-state index in [1.165, 1.54) is 11.1 Å². The van der Waals surface area contributed by atoms with E-state index in [4.69, 9.17) is 11.6 Å². The van der Waals surface area contributed by atoms with Crippen LogP contribution in [-0.2, 0) is 6.42 Å². The van der Waals surface area contributed by atoms with E-state index in [0.29, 0.717) is 23.4 Å². The molecule has 0 fully saturated rings. The van der Waals surface area contributed by atoms with Crippen LogP contribution in [0.5, 0.6) is 5.75 Å². The van der Waals surface area contributed by atoms with Crippen LogP contribution in [0.25, 0.3) is 0 Å². The third-order valence-electron chi connectivity index (χ3n) is 2.74. The third kappa shape index (κ3) is 2.33. The average molecular weight is 224 g/mol. The number of fused-ring (bicyclic) bond motifs is 1. The first-order valence-electron chi connectivity index (χ1n) is 5.05. The van der Waals surface area contributed by atoms with Crippen molar-refractivity contribution in [1.29, 1.82) is 0 Å². The van der Waals surface area contributed by atoms with Crippen LogP contribution in [0.4, 0.5) is 0 Å². The second-order valence-electron chi connectivity index (χ2n) is 3.87. The van der Waals surface area contributed by atoms with Crippen LogP contribution < -0.4 is 5.32 Å². The Bertz CT molecular complexity index is 389. The molecule has 15 heavy (non-hydrogen) atoms. The van der Waals surface area contributed by atoms with Gasteiger partial charge in [-0.2, -0.15) is 0 Å². The van der Waals surface area contributed by atoms with Crippen molar-refractivity contribution in [2.45, 2.75) is 18.9 Å². The van der Waals surface area contributed by atoms with Gasteiger partial charge in [-0.3, -0.25) is 0 Å². The van der Waals surface area contributed by atoms with Gasteiger partial charge in [0.25, 0.3) is 0 Å². The predicted molar refractivity (Wildman–Crippen MR) is 62.2 cm³/mol. The minimum atomic E-state index is 0.344. The largest absolute Gasteiger partial charge is 0.508 e. The first kappa shape index (κ1) is 10.5. The van der Waals surface area contributed by atoms with Crippen LogP contribution in [-0.4, -0.2) is 11.7 Å². The van der Waals surface area contributed by atoms with Gasteiger partial charge in [0.05, 0.1) is 0 Å². The standard InChI is InChI=1S/C12H14ClNO/c1-8(13)7-14-12-5-2-9-6-10(15)3-4-11(9)12/h3-4,6,12,14-15H,1-2,5,7H2. The highest BCUT2D eigenvalue weighted by Gasteiger charge is 2.21. The van der Waals surface area contributed by atoms with Crippen LogP contribution in [0, 0.1) is 0 Å². The number of phenolic OH excluding ortho intramolecular Hbond substituents is 1. The van der Waals surface area contributed by atoms with Crippen molar-refractivity contribution in [3.63, 3.8) is 0 Å². The molecule has 0 aromatic heterocycles. The van der Waals surface area contributed by atoms with E-state index in [1.54, 1.807) is 6.07 Å². The number of hydrogen-bond donors (Lipinski definition) is 2. The van der Waals surface area contributed by atoms with E-state index in [1.807, 2.05) is 12.1 Å². The summed E-state index contributed by atoms with van der Waals surface area (Å²) in [6.45, 7) is 4.28. The Labute approximate surface area is 94.6 Å². The van der Waals surface area contributed by atoms with Crippen LogP contribution >= 0.6 is 11.6 Å². The molecule has 2 rings (SSSR count). The number of halogens is 1. The molecule has 1 aliphatic carbocycles. The Hall–Kier alpha value is -0.990. The highest BCUT2D eigenvalue weighted by molar-refractivity contribution is 6.29. The highest BCUT2D eigenvalue weighted by atomic mass is 35.5. The summed E-state index contributed by atoms with van der Waals surface area (Å²) in [5.74, 6) is 0.344. The van der Waals surface area contributed by atoms with E-state index in [2.05, 4.69) is 11.9 Å². The fraction of sp³-hybridized carbons (Fsp3) is 0.333. The van der Waals surface area contributed by atoms with Crippen molar-refractivity contribution in [3.05, 3.63) is 40.9 Å². The van der Waals surface area contributed by atoms with Gasteiger partial charge in [-0.15, -0.1) is 0 Å². The zero-order valence-corrected chi connectivity index (χ0v) is 9.22. The maximum atomic E-state index is 9.35. The molecule has 0 saturated carbocycles. The van der Waals surface area contributed by atoms with E-state index >= 15 is 0 Å². The van der Waals surface area contributed by atoms with Gasteiger partial charge in [0.1, 0.15) is 5.75 Å². The fourth-order valence-electron chi connectivity index (χ4n) is 2.05. The number of benzene rings is 1. The molecule has 0 radical (unpaired) electrons. The summed E-state index contributed by atoms with van der Waals surface area (Å²) in [7, 11) is 0. The summed E-state index contributed by atoms with van der Waals surface area (Å²) in [6, 6.07) is 5.89. The molecule has 1 aliphatic rings. The van der Waals surface area contributed by atoms with Gasteiger partial charge >= 0.3 is 0 Å². The van der Waals surface area contributed by atoms with Crippen molar-refractivity contribution < 1.29 is 5.11 Å². The minimum absolute atomic E-state index is 0.344. The van der Waals surface area contributed by atoms with Gasteiger partial charge in [-0.1, -0.05) is 24.2 Å². The van der Waals surface area contributed by atoms with Gasteiger partial charge < -0.3 is 10.4 Å². The molecule has 0 heterocycles. The molecular formula is C12H14ClNO. The molecule has 1 aromatic carbocycles. The Morgan fingerprint density at radius 2 is 2.40 bits per heavy atom. The van der Waals surface area contributed by atoms with Crippen molar-refractivity contribution in [2.24, 2.45) is 0 Å². The van der Waals surface area contributed by atoms with E-state index in [0.717, 1.165) is 12.8 Å². The van der Waals surface area contributed by atoms with Crippen LogP contribution in [0.1, 0.15) is 23.6 Å². The summed E-state index contributed by atoms with van der Waals surface area (Å²) in [6.07, 6.45) is 2.07. The topological polar surface area (TPSA) is 32.3 Å². The van der Waals surface area contributed by atoms with Crippen molar-refractivity contribution in [3.8, 4) is 5.75 Å². The monoisotopic (exact) mass is 223 g/mol. The van der Waals surface area contributed by atoms with Crippen LogP contribution in [0.2, 0.25) is 0 Å². The molecule has 0 bridgehead atoms. The van der Waals surface area contributed by atoms with Gasteiger partial charge in [0, 0.05) is 17.6 Å². The summed E-state index contributed by atoms with van der Waals surface area (Å²) in [5.41, 5.74) is 2.50. The Kier molecular flexibility index (Phi) is 2.98. The first-order valence-corrected chi connectivity index (χ1v) is 5.43. The lowest BCUT2D eigenvalue weighted by Gasteiger charge is -2.13. The maximum Gasteiger partial charge on any atom is 0.115 e. The number of aromatic hydroxyl groups is 1. The zero-order valence-electron chi connectivity index (χ0n) is 8.46.